The summed E-state index contributed by atoms with van der Waals surface area (Å²) in [6.07, 6.45) is -0.157. The van der Waals surface area contributed by atoms with Gasteiger partial charge in [-0.3, -0.25) is 0 Å². The van der Waals surface area contributed by atoms with Crippen LogP contribution in [-0.2, 0) is 4.74 Å². The fourth-order valence-corrected chi connectivity index (χ4v) is 2.64. The number of thiocarbonyl (C=S) groups is 1. The van der Waals surface area contributed by atoms with E-state index in [1.807, 2.05) is 25.1 Å². The van der Waals surface area contributed by atoms with Crippen LogP contribution in [0.15, 0.2) is 18.2 Å². The Morgan fingerprint density at radius 2 is 2.32 bits per heavy atom. The van der Waals surface area contributed by atoms with Gasteiger partial charge in [-0.05, 0) is 25.5 Å². The number of anilines is 1. The molecule has 2 unspecified atom stereocenters. The molecule has 5 heteroatoms. The minimum absolute atomic E-state index is 0.0253. The van der Waals surface area contributed by atoms with E-state index in [0.29, 0.717) is 18.1 Å². The van der Waals surface area contributed by atoms with Crippen molar-refractivity contribution in [3.05, 3.63) is 29.3 Å². The number of morpholine rings is 1. The van der Waals surface area contributed by atoms with Crippen LogP contribution in [0.2, 0.25) is 0 Å². The lowest BCUT2D eigenvalue weighted by molar-refractivity contribution is -0.0103. The fraction of sp³-hybridized carbons (Fsp3) is 0.500. The Bertz CT molecular complexity index is 479. The highest BCUT2D eigenvalue weighted by atomic mass is 32.1. The van der Waals surface area contributed by atoms with Gasteiger partial charge in [0.2, 0.25) is 0 Å². The minimum atomic E-state index is -0.157. The topological polar surface area (TPSA) is 58.7 Å². The number of aliphatic hydroxyl groups excluding tert-OH is 1. The fourth-order valence-electron chi connectivity index (χ4n) is 2.48. The van der Waals surface area contributed by atoms with Crippen LogP contribution in [0.4, 0.5) is 5.69 Å². The van der Waals surface area contributed by atoms with E-state index in [0.717, 1.165) is 16.8 Å². The summed E-state index contributed by atoms with van der Waals surface area (Å²) in [5, 5.41) is 9.29. The normalized spacial score (nSPS) is 23.4. The highest BCUT2D eigenvalue weighted by Crippen LogP contribution is 2.29. The molecule has 1 aromatic rings. The third kappa shape index (κ3) is 2.88. The van der Waals surface area contributed by atoms with E-state index < -0.39 is 0 Å². The molecule has 1 aliphatic rings. The van der Waals surface area contributed by atoms with Crippen molar-refractivity contribution in [2.75, 3.05) is 24.7 Å². The summed E-state index contributed by atoms with van der Waals surface area (Å²) in [6.45, 7) is 5.42. The van der Waals surface area contributed by atoms with Crippen LogP contribution >= 0.6 is 12.2 Å². The molecule has 19 heavy (non-hydrogen) atoms. The number of nitrogens with two attached hydrogens (primary N) is 1. The van der Waals surface area contributed by atoms with Gasteiger partial charge in [-0.15, -0.1) is 0 Å². The van der Waals surface area contributed by atoms with Gasteiger partial charge in [0.1, 0.15) is 4.99 Å². The smallest absolute Gasteiger partial charge is 0.106 e. The van der Waals surface area contributed by atoms with Crippen LogP contribution in [0.3, 0.4) is 0 Å². The lowest BCUT2D eigenvalue weighted by Crippen LogP contribution is -2.50. The van der Waals surface area contributed by atoms with Gasteiger partial charge in [-0.2, -0.15) is 0 Å². The molecule has 1 aromatic carbocycles. The second-order valence-corrected chi connectivity index (χ2v) is 5.41. The Balaban J connectivity index is 2.41. The molecule has 1 aliphatic heterocycles. The predicted octanol–water partition coefficient (Wildman–Crippen LogP) is 1.22. The Morgan fingerprint density at radius 1 is 1.58 bits per heavy atom. The third-order valence-corrected chi connectivity index (χ3v) is 3.72. The quantitative estimate of drug-likeness (QED) is 0.815. The molecule has 0 amide bonds. The first-order valence-corrected chi connectivity index (χ1v) is 6.84. The molecule has 0 aromatic heterocycles. The molecular weight excluding hydrogens is 260 g/mol. The first kappa shape index (κ1) is 14.2. The highest BCUT2D eigenvalue weighted by molar-refractivity contribution is 7.80. The van der Waals surface area contributed by atoms with Gasteiger partial charge in [0, 0.05) is 18.2 Å². The Kier molecular flexibility index (Phi) is 4.39. The van der Waals surface area contributed by atoms with Crippen molar-refractivity contribution < 1.29 is 9.84 Å². The first-order chi connectivity index (χ1) is 9.04. The van der Waals surface area contributed by atoms with Gasteiger partial charge in [-0.25, -0.2) is 0 Å². The SMILES string of the molecule is Cc1cccc(C(N)=S)c1N1CC(CO)OCC1C. The lowest BCUT2D eigenvalue weighted by Gasteiger charge is -2.40. The van der Waals surface area contributed by atoms with Gasteiger partial charge in [0.25, 0.3) is 0 Å². The van der Waals surface area contributed by atoms with E-state index in [4.69, 9.17) is 22.7 Å². The first-order valence-electron chi connectivity index (χ1n) is 6.43. The molecule has 1 heterocycles. The zero-order chi connectivity index (χ0) is 14.0. The number of aryl methyl sites for hydroxylation is 1. The second-order valence-electron chi connectivity index (χ2n) is 4.97. The molecule has 0 radical (unpaired) electrons. The molecule has 2 rings (SSSR count). The van der Waals surface area contributed by atoms with Crippen molar-refractivity contribution in [3.63, 3.8) is 0 Å². The molecule has 0 bridgehead atoms. The number of ether oxygens (including phenoxy) is 1. The van der Waals surface area contributed by atoms with Crippen LogP contribution in [0.5, 0.6) is 0 Å². The van der Waals surface area contributed by atoms with E-state index in [1.165, 1.54) is 0 Å². The van der Waals surface area contributed by atoms with Crippen LogP contribution in [0.1, 0.15) is 18.1 Å². The summed E-state index contributed by atoms with van der Waals surface area (Å²) in [5.74, 6) is 0. The van der Waals surface area contributed by atoms with E-state index in [2.05, 4.69) is 11.8 Å². The highest BCUT2D eigenvalue weighted by Gasteiger charge is 2.28. The molecule has 1 saturated heterocycles. The number of nitrogens with zero attached hydrogens (tertiary/aromatic N) is 1. The van der Waals surface area contributed by atoms with Crippen LogP contribution in [-0.4, -0.2) is 42.0 Å². The van der Waals surface area contributed by atoms with Gasteiger partial charge in [0.05, 0.1) is 25.0 Å². The molecule has 0 spiro atoms. The van der Waals surface area contributed by atoms with E-state index in [1.54, 1.807) is 0 Å². The molecular formula is C14H20N2O2S. The number of hydrogen-bond donors (Lipinski definition) is 2. The summed E-state index contributed by atoms with van der Waals surface area (Å²) in [5.41, 5.74) is 8.91. The van der Waals surface area contributed by atoms with Gasteiger partial charge in [0.15, 0.2) is 0 Å². The van der Waals surface area contributed by atoms with Crippen LogP contribution in [0.25, 0.3) is 0 Å². The molecule has 0 saturated carbocycles. The Hall–Kier alpha value is -1.17. The van der Waals surface area contributed by atoms with Gasteiger partial charge in [-0.1, -0.05) is 24.4 Å². The summed E-state index contributed by atoms with van der Waals surface area (Å²) in [7, 11) is 0. The average Bonchev–Trinajstić information content (AvgIpc) is 2.39. The lowest BCUT2D eigenvalue weighted by atomic mass is 10.0. The van der Waals surface area contributed by atoms with Crippen molar-refractivity contribution in [2.45, 2.75) is 26.0 Å². The maximum absolute atomic E-state index is 9.29. The summed E-state index contributed by atoms with van der Waals surface area (Å²) in [6, 6.07) is 6.19. The Morgan fingerprint density at radius 3 is 2.95 bits per heavy atom. The second kappa shape index (κ2) is 5.86. The Labute approximate surface area is 119 Å². The monoisotopic (exact) mass is 280 g/mol. The zero-order valence-electron chi connectivity index (χ0n) is 11.3. The summed E-state index contributed by atoms with van der Waals surface area (Å²) >= 11 is 5.15. The minimum Gasteiger partial charge on any atom is -0.394 e. The van der Waals surface area contributed by atoms with Crippen molar-refractivity contribution in [1.29, 1.82) is 0 Å². The zero-order valence-corrected chi connectivity index (χ0v) is 12.1. The van der Waals surface area contributed by atoms with Crippen LogP contribution in [0, 0.1) is 6.92 Å². The standard InChI is InChI=1S/C14H20N2O2S/c1-9-4-3-5-12(14(15)19)13(9)16-6-11(7-17)18-8-10(16)2/h3-5,10-11,17H,6-8H2,1-2H3,(H2,15,19). The molecule has 0 aliphatic carbocycles. The van der Waals surface area contributed by atoms with E-state index in [-0.39, 0.29) is 18.8 Å². The summed E-state index contributed by atoms with van der Waals surface area (Å²) < 4.78 is 5.58. The van der Waals surface area contributed by atoms with Crippen molar-refractivity contribution in [3.8, 4) is 0 Å². The van der Waals surface area contributed by atoms with E-state index in [9.17, 15) is 5.11 Å². The summed E-state index contributed by atoms with van der Waals surface area (Å²) in [4.78, 5) is 2.63. The molecule has 1 fully saturated rings. The molecule has 2 atom stereocenters. The van der Waals surface area contributed by atoms with Crippen molar-refractivity contribution >= 4 is 22.9 Å². The van der Waals surface area contributed by atoms with Crippen molar-refractivity contribution in [2.24, 2.45) is 5.73 Å². The maximum atomic E-state index is 9.29. The third-order valence-electron chi connectivity index (χ3n) is 3.50. The van der Waals surface area contributed by atoms with Crippen LogP contribution < -0.4 is 10.6 Å². The molecule has 4 nitrogen and oxygen atoms in total. The predicted molar refractivity (Wildman–Crippen MR) is 80.7 cm³/mol. The number of rotatable bonds is 3. The number of hydrogen-bond acceptors (Lipinski definition) is 4. The van der Waals surface area contributed by atoms with E-state index >= 15 is 0 Å². The van der Waals surface area contributed by atoms with Crippen molar-refractivity contribution in [1.82, 2.24) is 0 Å². The number of aliphatic hydroxyl groups is 1. The number of para-hydroxylation sites is 1. The largest absolute Gasteiger partial charge is 0.394 e. The van der Waals surface area contributed by atoms with Gasteiger partial charge >= 0.3 is 0 Å². The molecule has 104 valence electrons. The number of benzene rings is 1. The van der Waals surface area contributed by atoms with Gasteiger partial charge < -0.3 is 20.5 Å². The maximum Gasteiger partial charge on any atom is 0.106 e. The average molecular weight is 280 g/mol. The molecule has 3 N–H and O–H groups in total.